The molecule has 2 atom stereocenters. The van der Waals surface area contributed by atoms with Gasteiger partial charge in [-0.25, -0.2) is 14.0 Å². The summed E-state index contributed by atoms with van der Waals surface area (Å²) >= 11 is 0. The lowest BCUT2D eigenvalue weighted by atomic mass is 9.99. The van der Waals surface area contributed by atoms with Gasteiger partial charge in [0.25, 0.3) is 0 Å². The molecular formula is C34H46FN3O6. The molecule has 0 aromatic heterocycles. The monoisotopic (exact) mass is 611 g/mol. The van der Waals surface area contributed by atoms with E-state index in [4.69, 9.17) is 14.2 Å². The Hall–Kier alpha value is -3.82. The minimum absolute atomic E-state index is 0.00540. The van der Waals surface area contributed by atoms with Crippen LogP contribution in [-0.4, -0.2) is 77.4 Å². The summed E-state index contributed by atoms with van der Waals surface area (Å²) in [5, 5.41) is 2.69. The SMILES string of the molecule is CC(C)OC(=O)N1CCC(Oc2ccc(-c3ccc(CC(NC(=O)OC(C)(C)C)C(=O)N4CCCC4C)c(F)c3)cc2)CC1. The van der Waals surface area contributed by atoms with Gasteiger partial charge in [0.05, 0.1) is 6.10 Å². The number of piperidine rings is 1. The van der Waals surface area contributed by atoms with Crippen molar-refractivity contribution >= 4 is 18.1 Å². The quantitative estimate of drug-likeness (QED) is 0.375. The summed E-state index contributed by atoms with van der Waals surface area (Å²) in [4.78, 5) is 41.6. The Morgan fingerprint density at radius 2 is 1.64 bits per heavy atom. The number of carbonyl (C=O) groups excluding carboxylic acids is 3. The van der Waals surface area contributed by atoms with E-state index in [2.05, 4.69) is 5.32 Å². The van der Waals surface area contributed by atoms with Crippen LogP contribution in [0.3, 0.4) is 0 Å². The highest BCUT2D eigenvalue weighted by atomic mass is 19.1. The molecule has 4 rings (SSSR count). The Morgan fingerprint density at radius 3 is 2.20 bits per heavy atom. The van der Waals surface area contributed by atoms with E-state index in [1.807, 2.05) is 51.1 Å². The molecule has 2 aromatic carbocycles. The number of hydrogen-bond donors (Lipinski definition) is 1. The van der Waals surface area contributed by atoms with Crippen LogP contribution in [0.4, 0.5) is 14.0 Å². The predicted molar refractivity (Wildman–Crippen MR) is 166 cm³/mol. The standard InChI is InChI=1S/C34H46FN3O6/c1-22(2)42-33(41)37-18-15-28(16-19-37)43-27-13-11-24(12-14-27)25-9-10-26(29(35)20-25)21-30(36-32(40)44-34(4,5)6)31(39)38-17-7-8-23(38)3/h9-14,20,22-23,28,30H,7-8,15-19,21H2,1-6H3,(H,36,40). The molecule has 44 heavy (non-hydrogen) atoms. The highest BCUT2D eigenvalue weighted by Gasteiger charge is 2.33. The van der Waals surface area contributed by atoms with Crippen molar-refractivity contribution in [3.63, 3.8) is 0 Å². The maximum atomic E-state index is 15.4. The fraction of sp³-hybridized carbons (Fsp3) is 0.559. The van der Waals surface area contributed by atoms with Crippen LogP contribution in [0, 0.1) is 5.82 Å². The smallest absolute Gasteiger partial charge is 0.410 e. The summed E-state index contributed by atoms with van der Waals surface area (Å²) in [6, 6.07) is 11.5. The number of rotatable bonds is 8. The number of likely N-dealkylation sites (tertiary alicyclic amines) is 2. The molecular weight excluding hydrogens is 565 g/mol. The summed E-state index contributed by atoms with van der Waals surface area (Å²) in [6.07, 6.45) is 2.08. The van der Waals surface area contributed by atoms with Crippen LogP contribution in [0.25, 0.3) is 11.1 Å². The minimum atomic E-state index is -0.949. The van der Waals surface area contributed by atoms with Crippen molar-refractivity contribution in [2.75, 3.05) is 19.6 Å². The van der Waals surface area contributed by atoms with Crippen molar-refractivity contribution < 1.29 is 33.0 Å². The third-order valence-electron chi connectivity index (χ3n) is 7.83. The number of benzene rings is 2. The Balaban J connectivity index is 1.39. The highest BCUT2D eigenvalue weighted by Crippen LogP contribution is 2.27. The maximum Gasteiger partial charge on any atom is 0.410 e. The fourth-order valence-corrected chi connectivity index (χ4v) is 5.57. The lowest BCUT2D eigenvalue weighted by molar-refractivity contribution is -0.134. The molecule has 0 bridgehead atoms. The first kappa shape index (κ1) is 33.1. The van der Waals surface area contributed by atoms with Crippen LogP contribution in [0.2, 0.25) is 0 Å². The van der Waals surface area contributed by atoms with Gasteiger partial charge in [0, 0.05) is 44.9 Å². The van der Waals surface area contributed by atoms with Gasteiger partial charge in [0.1, 0.15) is 29.3 Å². The lowest BCUT2D eigenvalue weighted by Crippen LogP contribution is -2.51. The van der Waals surface area contributed by atoms with E-state index < -0.39 is 23.6 Å². The third-order valence-corrected chi connectivity index (χ3v) is 7.83. The van der Waals surface area contributed by atoms with Crippen molar-refractivity contribution in [3.05, 3.63) is 53.8 Å². The molecule has 2 aliphatic rings. The molecule has 3 amide bonds. The van der Waals surface area contributed by atoms with Crippen molar-refractivity contribution in [3.8, 4) is 16.9 Å². The molecule has 2 fully saturated rings. The number of carbonyl (C=O) groups is 3. The first-order valence-corrected chi connectivity index (χ1v) is 15.6. The summed E-state index contributed by atoms with van der Waals surface area (Å²) in [7, 11) is 0. The molecule has 0 aliphatic carbocycles. The van der Waals surface area contributed by atoms with Crippen molar-refractivity contribution in [1.29, 1.82) is 0 Å². The van der Waals surface area contributed by atoms with E-state index in [1.54, 1.807) is 36.6 Å². The van der Waals surface area contributed by atoms with E-state index in [9.17, 15) is 14.4 Å². The molecule has 2 unspecified atom stereocenters. The Labute approximate surface area is 260 Å². The van der Waals surface area contributed by atoms with Gasteiger partial charge in [-0.2, -0.15) is 0 Å². The molecule has 2 aromatic rings. The molecule has 0 spiro atoms. The van der Waals surface area contributed by atoms with Crippen LogP contribution in [0.15, 0.2) is 42.5 Å². The average molecular weight is 612 g/mol. The van der Waals surface area contributed by atoms with E-state index in [0.717, 1.165) is 18.4 Å². The number of nitrogens with one attached hydrogen (secondary N) is 1. The summed E-state index contributed by atoms with van der Waals surface area (Å²) < 4.78 is 32.3. The lowest BCUT2D eigenvalue weighted by Gasteiger charge is -2.32. The van der Waals surface area contributed by atoms with Gasteiger partial charge in [-0.1, -0.05) is 24.3 Å². The van der Waals surface area contributed by atoms with Crippen LogP contribution < -0.4 is 10.1 Å². The van der Waals surface area contributed by atoms with Crippen molar-refractivity contribution in [1.82, 2.24) is 15.1 Å². The van der Waals surface area contributed by atoms with E-state index in [1.165, 1.54) is 6.07 Å². The largest absolute Gasteiger partial charge is 0.490 e. The van der Waals surface area contributed by atoms with Crippen molar-refractivity contribution in [2.24, 2.45) is 0 Å². The molecule has 2 aliphatic heterocycles. The Morgan fingerprint density at radius 1 is 0.977 bits per heavy atom. The van der Waals surface area contributed by atoms with Gasteiger partial charge in [-0.3, -0.25) is 4.79 Å². The second kappa shape index (κ2) is 14.3. The van der Waals surface area contributed by atoms with Crippen LogP contribution in [0.1, 0.15) is 72.8 Å². The highest BCUT2D eigenvalue weighted by molar-refractivity contribution is 5.86. The molecule has 0 saturated carbocycles. The fourth-order valence-electron chi connectivity index (χ4n) is 5.57. The normalized spacial score (nSPS) is 18.2. The van der Waals surface area contributed by atoms with Gasteiger partial charge in [0.15, 0.2) is 0 Å². The number of amides is 3. The third kappa shape index (κ3) is 9.09. The van der Waals surface area contributed by atoms with Crippen molar-refractivity contribution in [2.45, 2.75) is 104 Å². The van der Waals surface area contributed by atoms with E-state index in [-0.39, 0.29) is 36.7 Å². The summed E-state index contributed by atoms with van der Waals surface area (Å²) in [5.41, 5.74) is 1.11. The predicted octanol–water partition coefficient (Wildman–Crippen LogP) is 6.33. The minimum Gasteiger partial charge on any atom is -0.490 e. The molecule has 2 heterocycles. The number of nitrogens with zero attached hydrogens (tertiary/aromatic N) is 2. The number of hydrogen-bond acceptors (Lipinski definition) is 6. The average Bonchev–Trinajstić information content (AvgIpc) is 3.38. The molecule has 2 saturated heterocycles. The van der Waals surface area contributed by atoms with Gasteiger partial charge in [0.2, 0.25) is 5.91 Å². The molecule has 1 N–H and O–H groups in total. The molecule has 240 valence electrons. The second-order valence-electron chi connectivity index (χ2n) is 13.0. The van der Waals surface area contributed by atoms with Gasteiger partial charge in [-0.15, -0.1) is 0 Å². The number of alkyl carbamates (subject to hydrolysis) is 1. The van der Waals surface area contributed by atoms with Crippen LogP contribution in [-0.2, 0) is 20.7 Å². The molecule has 10 heteroatoms. The molecule has 9 nitrogen and oxygen atoms in total. The van der Waals surface area contributed by atoms with Gasteiger partial charge < -0.3 is 29.3 Å². The van der Waals surface area contributed by atoms with E-state index in [0.29, 0.717) is 49.4 Å². The van der Waals surface area contributed by atoms with Crippen LogP contribution >= 0.6 is 0 Å². The summed E-state index contributed by atoms with van der Waals surface area (Å²) in [5.74, 6) is 0.0182. The zero-order valence-corrected chi connectivity index (χ0v) is 26.7. The van der Waals surface area contributed by atoms with E-state index >= 15 is 4.39 Å². The topological polar surface area (TPSA) is 97.4 Å². The zero-order chi connectivity index (χ0) is 32.0. The molecule has 0 radical (unpaired) electrons. The maximum absolute atomic E-state index is 15.4. The number of halogens is 1. The van der Waals surface area contributed by atoms with Crippen LogP contribution in [0.5, 0.6) is 5.75 Å². The number of ether oxygens (including phenoxy) is 3. The van der Waals surface area contributed by atoms with Gasteiger partial charge in [-0.05, 0) is 89.3 Å². The zero-order valence-electron chi connectivity index (χ0n) is 26.7. The Kier molecular flexibility index (Phi) is 10.8. The summed E-state index contributed by atoms with van der Waals surface area (Å²) in [6.45, 7) is 12.7. The van der Waals surface area contributed by atoms with Gasteiger partial charge >= 0.3 is 12.2 Å². The Bertz CT molecular complexity index is 1300. The first-order chi connectivity index (χ1) is 20.8. The second-order valence-corrected chi connectivity index (χ2v) is 13.0. The first-order valence-electron chi connectivity index (χ1n) is 15.6.